The van der Waals surface area contributed by atoms with Gasteiger partial charge in [-0.2, -0.15) is 0 Å². The number of benzene rings is 2. The van der Waals surface area contributed by atoms with Gasteiger partial charge in [0.1, 0.15) is 5.75 Å². The minimum Gasteiger partial charge on any atom is -0.462 e. The molecule has 0 aliphatic carbocycles. The number of hydrogen-bond donors (Lipinski definition) is 0. The van der Waals surface area contributed by atoms with E-state index in [2.05, 4.69) is 27.7 Å². The number of ether oxygens (including phenoxy) is 2. The number of carbonyl (C=O) groups is 2. The van der Waals surface area contributed by atoms with Crippen molar-refractivity contribution in [3.63, 3.8) is 0 Å². The molecule has 0 radical (unpaired) electrons. The monoisotopic (exact) mass is 424 g/mol. The molecule has 0 aliphatic heterocycles. The molecule has 2 aromatic carbocycles. The molecule has 0 fully saturated rings. The highest BCUT2D eigenvalue weighted by Crippen LogP contribution is 2.34. The lowest BCUT2D eigenvalue weighted by atomic mass is 9.85. The third-order valence-corrected chi connectivity index (χ3v) is 5.31. The van der Waals surface area contributed by atoms with Crippen LogP contribution in [0.5, 0.6) is 5.75 Å². The predicted molar refractivity (Wildman–Crippen MR) is 125 cm³/mol. The molecule has 0 unspecified atom stereocenters. The number of unbranched alkanes of at least 4 members (excludes halogenated alkanes) is 5. The van der Waals surface area contributed by atoms with Gasteiger partial charge in [0.25, 0.3) is 0 Å². The summed E-state index contributed by atoms with van der Waals surface area (Å²) in [6.45, 7) is 10.7. The fraction of sp³-hybridized carbons (Fsp3) is 0.481. The molecule has 168 valence electrons. The molecule has 0 aromatic heterocycles. The second kappa shape index (κ2) is 11.7. The summed E-state index contributed by atoms with van der Waals surface area (Å²) in [6, 6.07) is 12.5. The molecule has 0 saturated carbocycles. The van der Waals surface area contributed by atoms with E-state index < -0.39 is 11.9 Å². The zero-order valence-electron chi connectivity index (χ0n) is 19.6. The Kier molecular flexibility index (Phi) is 9.29. The molecule has 0 heterocycles. The normalized spacial score (nSPS) is 11.3. The quantitative estimate of drug-likeness (QED) is 0.233. The Morgan fingerprint density at radius 1 is 0.806 bits per heavy atom. The maximum Gasteiger partial charge on any atom is 0.344 e. The first-order valence-corrected chi connectivity index (χ1v) is 11.3. The molecule has 0 N–H and O–H groups in total. The Morgan fingerprint density at radius 2 is 1.42 bits per heavy atom. The fourth-order valence-corrected chi connectivity index (χ4v) is 3.49. The van der Waals surface area contributed by atoms with Crippen LogP contribution in [0.3, 0.4) is 0 Å². The van der Waals surface area contributed by atoms with Gasteiger partial charge in [0.05, 0.1) is 17.7 Å². The van der Waals surface area contributed by atoms with Gasteiger partial charge in [0.15, 0.2) is 0 Å². The first-order chi connectivity index (χ1) is 14.8. The van der Waals surface area contributed by atoms with Crippen LogP contribution in [0.25, 0.3) is 0 Å². The molecule has 0 atom stereocenters. The van der Waals surface area contributed by atoms with Crippen molar-refractivity contribution >= 4 is 11.9 Å². The van der Waals surface area contributed by atoms with E-state index in [1.807, 2.05) is 25.1 Å². The molecule has 0 aliphatic rings. The topological polar surface area (TPSA) is 52.6 Å². The van der Waals surface area contributed by atoms with Crippen LogP contribution in [-0.2, 0) is 10.2 Å². The highest BCUT2D eigenvalue weighted by molar-refractivity contribution is 6.03. The van der Waals surface area contributed by atoms with Crippen molar-refractivity contribution in [2.24, 2.45) is 0 Å². The fourth-order valence-electron chi connectivity index (χ4n) is 3.49. The minimum atomic E-state index is -0.549. The van der Waals surface area contributed by atoms with E-state index in [4.69, 9.17) is 9.47 Å². The average molecular weight is 425 g/mol. The zero-order chi connectivity index (χ0) is 22.9. The van der Waals surface area contributed by atoms with Crippen LogP contribution >= 0.6 is 0 Å². The van der Waals surface area contributed by atoms with Crippen molar-refractivity contribution in [3.05, 3.63) is 64.7 Å². The second-order valence-electron chi connectivity index (χ2n) is 9.04. The van der Waals surface area contributed by atoms with Crippen molar-refractivity contribution in [2.45, 2.75) is 78.6 Å². The molecule has 0 spiro atoms. The molecule has 4 heteroatoms. The number of carbonyl (C=O) groups excluding carboxylic acids is 2. The van der Waals surface area contributed by atoms with E-state index in [9.17, 15) is 9.59 Å². The minimum absolute atomic E-state index is 0.183. The maximum absolute atomic E-state index is 13.0. The summed E-state index contributed by atoms with van der Waals surface area (Å²) in [5.74, 6) is -0.482. The van der Waals surface area contributed by atoms with E-state index >= 15 is 0 Å². The number of rotatable bonds is 10. The van der Waals surface area contributed by atoms with Gasteiger partial charge in [-0.05, 0) is 36.5 Å². The summed E-state index contributed by atoms with van der Waals surface area (Å²) >= 11 is 0. The van der Waals surface area contributed by atoms with Gasteiger partial charge >= 0.3 is 11.9 Å². The van der Waals surface area contributed by atoms with Gasteiger partial charge in [-0.25, -0.2) is 9.59 Å². The smallest absolute Gasteiger partial charge is 0.344 e. The summed E-state index contributed by atoms with van der Waals surface area (Å²) in [5, 5.41) is 0. The summed E-state index contributed by atoms with van der Waals surface area (Å²) in [7, 11) is 0. The van der Waals surface area contributed by atoms with Crippen molar-refractivity contribution in [2.75, 3.05) is 6.61 Å². The van der Waals surface area contributed by atoms with Gasteiger partial charge in [-0.1, -0.05) is 90.1 Å². The molecule has 31 heavy (non-hydrogen) atoms. The third kappa shape index (κ3) is 7.23. The summed E-state index contributed by atoms with van der Waals surface area (Å²) in [5.41, 5.74) is 2.10. The molecule has 0 amide bonds. The van der Waals surface area contributed by atoms with Crippen LogP contribution in [0, 0.1) is 6.92 Å². The van der Waals surface area contributed by atoms with Gasteiger partial charge in [-0.15, -0.1) is 0 Å². The highest BCUT2D eigenvalue weighted by Gasteiger charge is 2.24. The van der Waals surface area contributed by atoms with E-state index in [-0.39, 0.29) is 16.5 Å². The Morgan fingerprint density at radius 3 is 2.06 bits per heavy atom. The summed E-state index contributed by atoms with van der Waals surface area (Å²) in [6.07, 6.45) is 6.70. The average Bonchev–Trinajstić information content (AvgIpc) is 2.73. The lowest BCUT2D eigenvalue weighted by Crippen LogP contribution is -2.19. The number of aryl methyl sites for hydroxylation is 1. The molecular weight excluding hydrogens is 388 g/mol. The van der Waals surface area contributed by atoms with Crippen molar-refractivity contribution in [1.29, 1.82) is 0 Å². The second-order valence-corrected chi connectivity index (χ2v) is 9.04. The first kappa shape index (κ1) is 24.6. The predicted octanol–water partition coefficient (Wildman–Crippen LogP) is 7.03. The van der Waals surface area contributed by atoms with E-state index in [1.54, 1.807) is 24.3 Å². The lowest BCUT2D eigenvalue weighted by molar-refractivity contribution is 0.0489. The van der Waals surface area contributed by atoms with E-state index in [0.717, 1.165) is 30.4 Å². The molecular formula is C27H36O4. The highest BCUT2D eigenvalue weighted by atomic mass is 16.5. The van der Waals surface area contributed by atoms with E-state index in [1.165, 1.54) is 19.3 Å². The van der Waals surface area contributed by atoms with Gasteiger partial charge < -0.3 is 9.47 Å². The number of esters is 2. The molecule has 0 saturated heterocycles. The molecule has 0 bridgehead atoms. The van der Waals surface area contributed by atoms with Gasteiger partial charge in [0, 0.05) is 5.56 Å². The lowest BCUT2D eigenvalue weighted by Gasteiger charge is -2.23. The summed E-state index contributed by atoms with van der Waals surface area (Å²) < 4.78 is 11.2. The van der Waals surface area contributed by atoms with Crippen LogP contribution in [0.15, 0.2) is 42.5 Å². The molecule has 2 rings (SSSR count). The zero-order valence-corrected chi connectivity index (χ0v) is 19.6. The largest absolute Gasteiger partial charge is 0.462 e. The maximum atomic E-state index is 13.0. The SMILES string of the molecule is CCCCCCCCOC(=O)c1ccccc1C(=O)Oc1c(C)cccc1C(C)(C)C. The van der Waals surface area contributed by atoms with Crippen molar-refractivity contribution in [3.8, 4) is 5.75 Å². The molecule has 2 aromatic rings. The first-order valence-electron chi connectivity index (χ1n) is 11.3. The standard InChI is InChI=1S/C27H36O4/c1-6-7-8-9-10-13-19-30-25(28)21-16-11-12-17-22(21)26(29)31-24-20(2)15-14-18-23(24)27(3,4)5/h11-12,14-18H,6-10,13,19H2,1-5H3. The summed E-state index contributed by atoms with van der Waals surface area (Å²) in [4.78, 5) is 25.6. The number of hydrogen-bond acceptors (Lipinski definition) is 4. The Labute approximate surface area is 187 Å². The van der Waals surface area contributed by atoms with Gasteiger partial charge in [0.2, 0.25) is 0 Å². The molecule has 4 nitrogen and oxygen atoms in total. The van der Waals surface area contributed by atoms with Crippen LogP contribution in [0.4, 0.5) is 0 Å². The Bertz CT molecular complexity index is 877. The van der Waals surface area contributed by atoms with Crippen molar-refractivity contribution in [1.82, 2.24) is 0 Å². The van der Waals surface area contributed by atoms with Crippen LogP contribution in [0.2, 0.25) is 0 Å². The Balaban J connectivity index is 2.09. The van der Waals surface area contributed by atoms with Crippen LogP contribution in [-0.4, -0.2) is 18.5 Å². The third-order valence-electron chi connectivity index (χ3n) is 5.31. The van der Waals surface area contributed by atoms with Gasteiger partial charge in [-0.3, -0.25) is 0 Å². The number of para-hydroxylation sites is 1. The van der Waals surface area contributed by atoms with E-state index in [0.29, 0.717) is 12.4 Å². The van der Waals surface area contributed by atoms with Crippen LogP contribution < -0.4 is 4.74 Å². The Hall–Kier alpha value is -2.62. The van der Waals surface area contributed by atoms with Crippen LogP contribution in [0.1, 0.15) is 98.1 Å². The van der Waals surface area contributed by atoms with Crippen molar-refractivity contribution < 1.29 is 19.1 Å².